The first-order valence-corrected chi connectivity index (χ1v) is 9.41. The van der Waals surface area contributed by atoms with Crippen LogP contribution >= 0.6 is 0 Å². The van der Waals surface area contributed by atoms with Crippen LogP contribution in [0.3, 0.4) is 0 Å². The summed E-state index contributed by atoms with van der Waals surface area (Å²) in [7, 11) is 0. The van der Waals surface area contributed by atoms with Crippen LogP contribution < -0.4 is 15.4 Å². The summed E-state index contributed by atoms with van der Waals surface area (Å²) in [5, 5.41) is 6.40. The molecule has 0 saturated heterocycles. The van der Waals surface area contributed by atoms with Gasteiger partial charge in [-0.1, -0.05) is 6.07 Å². The molecule has 1 amide bonds. The highest BCUT2D eigenvalue weighted by Crippen LogP contribution is 2.10. The van der Waals surface area contributed by atoms with E-state index in [0.717, 1.165) is 25.2 Å². The van der Waals surface area contributed by atoms with E-state index in [1.54, 1.807) is 6.20 Å². The van der Waals surface area contributed by atoms with E-state index in [2.05, 4.69) is 20.6 Å². The van der Waals surface area contributed by atoms with Crippen molar-refractivity contribution in [3.05, 3.63) is 23.9 Å². The average molecular weight is 364 g/mol. The number of nitrogens with one attached hydrogen (secondary N) is 2. The standard InChI is InChI=1S/C19H33N5O2/c1-6-20-19(21-12-11-18(25)24(7-2)8-3)23-14-16-9-10-17(22-13-16)26-15(4)5/h9-10,13,15H,6-8,11-12,14H2,1-5H3,(H2,20,21,23). The Morgan fingerprint density at radius 3 is 2.50 bits per heavy atom. The number of carbonyl (C=O) groups is 1. The number of pyridine rings is 1. The van der Waals surface area contributed by atoms with Gasteiger partial charge in [0.25, 0.3) is 0 Å². The van der Waals surface area contributed by atoms with Crippen molar-refractivity contribution in [2.75, 3.05) is 26.2 Å². The zero-order valence-electron chi connectivity index (χ0n) is 16.7. The van der Waals surface area contributed by atoms with Gasteiger partial charge in [0.05, 0.1) is 12.6 Å². The zero-order chi connectivity index (χ0) is 19.4. The predicted molar refractivity (Wildman–Crippen MR) is 105 cm³/mol. The molecule has 0 radical (unpaired) electrons. The SMILES string of the molecule is CCNC(=NCc1ccc(OC(C)C)nc1)NCCC(=O)N(CC)CC. The van der Waals surface area contributed by atoms with E-state index in [0.29, 0.717) is 31.3 Å². The van der Waals surface area contributed by atoms with Crippen molar-refractivity contribution >= 4 is 11.9 Å². The van der Waals surface area contributed by atoms with Gasteiger partial charge < -0.3 is 20.3 Å². The third-order valence-corrected chi connectivity index (χ3v) is 3.67. The van der Waals surface area contributed by atoms with Crippen LogP contribution in [0.1, 0.15) is 46.6 Å². The minimum Gasteiger partial charge on any atom is -0.475 e. The average Bonchev–Trinajstić information content (AvgIpc) is 2.61. The molecule has 1 heterocycles. The lowest BCUT2D eigenvalue weighted by atomic mass is 10.3. The molecule has 0 aliphatic rings. The van der Waals surface area contributed by atoms with Crippen molar-refractivity contribution in [1.82, 2.24) is 20.5 Å². The zero-order valence-corrected chi connectivity index (χ0v) is 16.7. The lowest BCUT2D eigenvalue weighted by Crippen LogP contribution is -2.40. The number of hydrogen-bond acceptors (Lipinski definition) is 4. The van der Waals surface area contributed by atoms with Crippen LogP contribution in [0.15, 0.2) is 23.3 Å². The van der Waals surface area contributed by atoms with E-state index in [9.17, 15) is 4.79 Å². The maximum atomic E-state index is 12.0. The van der Waals surface area contributed by atoms with Crippen LogP contribution in [0.25, 0.3) is 0 Å². The molecule has 0 aliphatic carbocycles. The fourth-order valence-electron chi connectivity index (χ4n) is 2.35. The number of ether oxygens (including phenoxy) is 1. The van der Waals surface area contributed by atoms with E-state index in [1.165, 1.54) is 0 Å². The molecule has 0 saturated carbocycles. The summed E-state index contributed by atoms with van der Waals surface area (Å²) < 4.78 is 5.54. The third-order valence-electron chi connectivity index (χ3n) is 3.67. The number of aliphatic imine (C=N–C) groups is 1. The number of rotatable bonds is 10. The summed E-state index contributed by atoms with van der Waals surface area (Å²) in [6, 6.07) is 3.82. The Hall–Kier alpha value is -2.31. The molecule has 0 unspecified atom stereocenters. The van der Waals surface area contributed by atoms with Crippen LogP contribution in [0, 0.1) is 0 Å². The highest BCUT2D eigenvalue weighted by molar-refractivity contribution is 5.81. The smallest absolute Gasteiger partial charge is 0.224 e. The Balaban J connectivity index is 2.53. The Morgan fingerprint density at radius 1 is 1.23 bits per heavy atom. The number of nitrogens with zero attached hydrogens (tertiary/aromatic N) is 3. The van der Waals surface area contributed by atoms with Crippen LogP contribution in [0.5, 0.6) is 5.88 Å². The Kier molecular flexibility index (Phi) is 10.1. The van der Waals surface area contributed by atoms with E-state index < -0.39 is 0 Å². The molecular weight excluding hydrogens is 330 g/mol. The van der Waals surface area contributed by atoms with Gasteiger partial charge in [-0.3, -0.25) is 4.79 Å². The van der Waals surface area contributed by atoms with Crippen LogP contribution in [0.4, 0.5) is 0 Å². The number of hydrogen-bond donors (Lipinski definition) is 2. The van der Waals surface area contributed by atoms with Crippen molar-refractivity contribution in [2.45, 2.75) is 53.7 Å². The molecule has 0 aromatic carbocycles. The number of amides is 1. The van der Waals surface area contributed by atoms with Gasteiger partial charge >= 0.3 is 0 Å². The van der Waals surface area contributed by atoms with Crippen molar-refractivity contribution in [3.63, 3.8) is 0 Å². The maximum absolute atomic E-state index is 12.0. The summed E-state index contributed by atoms with van der Waals surface area (Å²) in [6.07, 6.45) is 2.33. The summed E-state index contributed by atoms with van der Waals surface area (Å²) >= 11 is 0. The quantitative estimate of drug-likeness (QED) is 0.492. The van der Waals surface area contributed by atoms with E-state index in [1.807, 2.05) is 51.7 Å². The van der Waals surface area contributed by atoms with E-state index in [4.69, 9.17) is 4.74 Å². The maximum Gasteiger partial charge on any atom is 0.224 e. The monoisotopic (exact) mass is 363 g/mol. The minimum atomic E-state index is 0.106. The van der Waals surface area contributed by atoms with Crippen molar-refractivity contribution in [2.24, 2.45) is 4.99 Å². The second-order valence-electron chi connectivity index (χ2n) is 6.11. The fourth-order valence-corrected chi connectivity index (χ4v) is 2.35. The second kappa shape index (κ2) is 12.1. The molecule has 1 aromatic heterocycles. The van der Waals surface area contributed by atoms with Gasteiger partial charge in [-0.15, -0.1) is 0 Å². The van der Waals surface area contributed by atoms with Gasteiger partial charge in [0.2, 0.25) is 11.8 Å². The first kappa shape index (κ1) is 21.7. The lowest BCUT2D eigenvalue weighted by Gasteiger charge is -2.19. The third kappa shape index (κ3) is 8.18. The van der Waals surface area contributed by atoms with E-state index in [-0.39, 0.29) is 12.0 Å². The van der Waals surface area contributed by atoms with Crippen molar-refractivity contribution in [3.8, 4) is 5.88 Å². The number of guanidine groups is 1. The van der Waals surface area contributed by atoms with Gasteiger partial charge in [-0.2, -0.15) is 0 Å². The molecule has 0 bridgehead atoms. The second-order valence-corrected chi connectivity index (χ2v) is 6.11. The summed E-state index contributed by atoms with van der Waals surface area (Å²) in [6.45, 7) is 13.2. The summed E-state index contributed by atoms with van der Waals surface area (Å²) in [4.78, 5) is 22.7. The molecule has 0 atom stereocenters. The molecular formula is C19H33N5O2. The predicted octanol–water partition coefficient (Wildman–Crippen LogP) is 2.18. The lowest BCUT2D eigenvalue weighted by molar-refractivity contribution is -0.130. The normalized spacial score (nSPS) is 11.4. The van der Waals surface area contributed by atoms with Gasteiger partial charge in [0.15, 0.2) is 5.96 Å². The van der Waals surface area contributed by atoms with Crippen molar-refractivity contribution < 1.29 is 9.53 Å². The first-order chi connectivity index (χ1) is 12.5. The molecule has 7 nitrogen and oxygen atoms in total. The number of carbonyl (C=O) groups excluding carboxylic acids is 1. The van der Waals surface area contributed by atoms with Gasteiger partial charge in [0.1, 0.15) is 0 Å². The van der Waals surface area contributed by atoms with Gasteiger partial charge in [0, 0.05) is 44.9 Å². The summed E-state index contributed by atoms with van der Waals surface area (Å²) in [5.74, 6) is 1.47. The minimum absolute atomic E-state index is 0.106. The molecule has 26 heavy (non-hydrogen) atoms. The van der Waals surface area contributed by atoms with Crippen LogP contribution in [-0.4, -0.2) is 54.0 Å². The fraction of sp³-hybridized carbons (Fsp3) is 0.632. The Morgan fingerprint density at radius 2 is 1.96 bits per heavy atom. The molecule has 146 valence electrons. The topological polar surface area (TPSA) is 78.9 Å². The molecule has 1 aromatic rings. The largest absolute Gasteiger partial charge is 0.475 e. The van der Waals surface area contributed by atoms with Gasteiger partial charge in [-0.25, -0.2) is 9.98 Å². The molecule has 1 rings (SSSR count). The Bertz CT molecular complexity index is 554. The van der Waals surface area contributed by atoms with E-state index >= 15 is 0 Å². The number of aromatic nitrogens is 1. The van der Waals surface area contributed by atoms with Gasteiger partial charge in [-0.05, 0) is 40.2 Å². The molecule has 0 spiro atoms. The van der Waals surface area contributed by atoms with Crippen LogP contribution in [-0.2, 0) is 11.3 Å². The molecule has 2 N–H and O–H groups in total. The molecule has 0 aliphatic heterocycles. The summed E-state index contributed by atoms with van der Waals surface area (Å²) in [5.41, 5.74) is 0.998. The Labute approximate surface area is 157 Å². The molecule has 0 fully saturated rings. The highest BCUT2D eigenvalue weighted by atomic mass is 16.5. The molecule has 7 heteroatoms. The first-order valence-electron chi connectivity index (χ1n) is 9.41. The van der Waals surface area contributed by atoms with Crippen molar-refractivity contribution in [1.29, 1.82) is 0 Å². The van der Waals surface area contributed by atoms with Crippen LogP contribution in [0.2, 0.25) is 0 Å². The highest BCUT2D eigenvalue weighted by Gasteiger charge is 2.09.